The second kappa shape index (κ2) is 12.0. The molecular weight excluding hydrogens is 651 g/mol. The standard InChI is InChI=1S/C26H20Br2Cl2N2O3S/c1-3-14-4-7-17(8-5-14)31-26-32-25(33)21(36-26)12-16-11-20(34-2)24(23(28)22(16)27)35-13-15-6-9-18(29)19(30)10-15/h4-12H,3,13H2,1-2H3,(H,31,32,33)/b21-12-. The van der Waals surface area contributed by atoms with E-state index in [-0.39, 0.29) is 12.5 Å². The summed E-state index contributed by atoms with van der Waals surface area (Å²) in [5.74, 6) is 0.801. The minimum absolute atomic E-state index is 0.217. The monoisotopic (exact) mass is 668 g/mol. The van der Waals surface area contributed by atoms with Gasteiger partial charge in [0.1, 0.15) is 6.61 Å². The topological polar surface area (TPSA) is 59.9 Å². The third-order valence-electron chi connectivity index (χ3n) is 5.26. The van der Waals surface area contributed by atoms with Crippen LogP contribution in [0.15, 0.2) is 67.4 Å². The summed E-state index contributed by atoms with van der Waals surface area (Å²) in [6, 6.07) is 15.1. The van der Waals surface area contributed by atoms with E-state index in [0.29, 0.717) is 40.6 Å². The molecular formula is C26H20Br2Cl2N2O3S. The Balaban J connectivity index is 1.57. The van der Waals surface area contributed by atoms with Gasteiger partial charge < -0.3 is 14.8 Å². The first kappa shape index (κ1) is 27.1. The number of carbonyl (C=O) groups excluding carboxylic acids is 1. The van der Waals surface area contributed by atoms with Gasteiger partial charge in [-0.2, -0.15) is 0 Å². The fourth-order valence-corrected chi connectivity index (χ4v) is 5.43. The lowest BCUT2D eigenvalue weighted by Crippen LogP contribution is -2.19. The van der Waals surface area contributed by atoms with Crippen LogP contribution in [0.1, 0.15) is 23.6 Å². The Hall–Kier alpha value is -1.97. The third kappa shape index (κ3) is 6.29. The Morgan fingerprint density at radius 2 is 1.75 bits per heavy atom. The zero-order valence-corrected chi connectivity index (χ0v) is 24.7. The molecule has 0 unspecified atom stereocenters. The van der Waals surface area contributed by atoms with Crippen LogP contribution in [-0.4, -0.2) is 18.2 Å². The fourth-order valence-electron chi connectivity index (χ4n) is 3.33. The van der Waals surface area contributed by atoms with Gasteiger partial charge in [0.15, 0.2) is 16.7 Å². The van der Waals surface area contributed by atoms with E-state index in [2.05, 4.69) is 49.1 Å². The van der Waals surface area contributed by atoms with E-state index in [1.807, 2.05) is 30.3 Å². The van der Waals surface area contributed by atoms with Crippen molar-refractivity contribution in [2.75, 3.05) is 7.11 Å². The van der Waals surface area contributed by atoms with E-state index in [1.165, 1.54) is 17.3 Å². The molecule has 186 valence electrons. The second-order valence-corrected chi connectivity index (χ2v) is 11.1. The van der Waals surface area contributed by atoms with E-state index in [0.717, 1.165) is 23.2 Å². The summed E-state index contributed by atoms with van der Waals surface area (Å²) < 4.78 is 13.0. The number of amidine groups is 1. The molecule has 1 saturated heterocycles. The van der Waals surface area contributed by atoms with Crippen LogP contribution in [0.2, 0.25) is 10.0 Å². The van der Waals surface area contributed by atoms with Gasteiger partial charge in [0, 0.05) is 4.47 Å². The van der Waals surface area contributed by atoms with E-state index >= 15 is 0 Å². The van der Waals surface area contributed by atoms with Crippen LogP contribution in [0.25, 0.3) is 6.08 Å². The van der Waals surface area contributed by atoms with Crippen molar-refractivity contribution in [2.24, 2.45) is 4.99 Å². The van der Waals surface area contributed by atoms with Crippen molar-refractivity contribution in [2.45, 2.75) is 20.0 Å². The molecule has 0 aliphatic carbocycles. The smallest absolute Gasteiger partial charge is 0.264 e. The van der Waals surface area contributed by atoms with Crippen molar-refractivity contribution in [3.63, 3.8) is 0 Å². The summed E-state index contributed by atoms with van der Waals surface area (Å²) in [6.07, 6.45) is 2.74. The van der Waals surface area contributed by atoms with Crippen molar-refractivity contribution in [3.8, 4) is 11.5 Å². The molecule has 0 spiro atoms. The zero-order chi connectivity index (χ0) is 25.8. The van der Waals surface area contributed by atoms with E-state index < -0.39 is 0 Å². The molecule has 10 heteroatoms. The van der Waals surface area contributed by atoms with Crippen molar-refractivity contribution in [1.82, 2.24) is 5.32 Å². The molecule has 1 amide bonds. The number of hydrogen-bond acceptors (Lipinski definition) is 5. The first-order chi connectivity index (χ1) is 17.3. The molecule has 0 atom stereocenters. The lowest BCUT2D eigenvalue weighted by molar-refractivity contribution is -0.115. The minimum Gasteiger partial charge on any atom is -0.493 e. The zero-order valence-electron chi connectivity index (χ0n) is 19.2. The summed E-state index contributed by atoms with van der Waals surface area (Å²) in [5, 5.41) is 4.29. The highest BCUT2D eigenvalue weighted by molar-refractivity contribution is 9.13. The SMILES string of the molecule is CCc1ccc(N=C2NC(=O)/C(=C/c3cc(OC)c(OCc4ccc(Cl)c(Cl)c4)c(Br)c3Br)S2)cc1. The number of amides is 1. The van der Waals surface area contributed by atoms with Gasteiger partial charge in [0.05, 0.1) is 32.2 Å². The molecule has 3 aromatic carbocycles. The quantitative estimate of drug-likeness (QED) is 0.256. The van der Waals surface area contributed by atoms with Crippen molar-refractivity contribution in [3.05, 3.63) is 89.1 Å². The lowest BCUT2D eigenvalue weighted by Gasteiger charge is -2.16. The highest BCUT2D eigenvalue weighted by Gasteiger charge is 2.25. The molecule has 0 aromatic heterocycles. The largest absolute Gasteiger partial charge is 0.493 e. The van der Waals surface area contributed by atoms with Gasteiger partial charge in [0.25, 0.3) is 5.91 Å². The highest BCUT2D eigenvalue weighted by Crippen LogP contribution is 2.44. The minimum atomic E-state index is -0.217. The molecule has 1 N–H and O–H groups in total. The number of nitrogens with zero attached hydrogens (tertiary/aromatic N) is 1. The van der Waals surface area contributed by atoms with Gasteiger partial charge in [-0.05, 0) is 103 Å². The fraction of sp³-hybridized carbons (Fsp3) is 0.154. The normalized spacial score (nSPS) is 15.4. The number of benzene rings is 3. The van der Waals surface area contributed by atoms with Gasteiger partial charge in [-0.25, -0.2) is 4.99 Å². The molecule has 1 heterocycles. The predicted molar refractivity (Wildman–Crippen MR) is 156 cm³/mol. The van der Waals surface area contributed by atoms with Crippen LogP contribution < -0.4 is 14.8 Å². The van der Waals surface area contributed by atoms with Gasteiger partial charge in [-0.15, -0.1) is 0 Å². The lowest BCUT2D eigenvalue weighted by atomic mass is 10.1. The Morgan fingerprint density at radius 3 is 2.42 bits per heavy atom. The van der Waals surface area contributed by atoms with E-state index in [1.54, 1.807) is 31.4 Å². The summed E-state index contributed by atoms with van der Waals surface area (Å²) in [7, 11) is 1.56. The molecule has 0 radical (unpaired) electrons. The maximum absolute atomic E-state index is 12.6. The van der Waals surface area contributed by atoms with Gasteiger partial charge in [-0.1, -0.05) is 48.3 Å². The molecule has 3 aromatic rings. The van der Waals surface area contributed by atoms with Crippen LogP contribution in [0.5, 0.6) is 11.5 Å². The second-order valence-electron chi connectivity index (χ2n) is 7.66. The molecule has 0 bridgehead atoms. The van der Waals surface area contributed by atoms with Crippen LogP contribution in [0.4, 0.5) is 5.69 Å². The number of ether oxygens (including phenoxy) is 2. The molecule has 4 rings (SSSR count). The molecule has 0 saturated carbocycles. The first-order valence-corrected chi connectivity index (χ1v) is 14.0. The highest BCUT2D eigenvalue weighted by atomic mass is 79.9. The number of rotatable bonds is 7. The Labute approximate surface area is 240 Å². The summed E-state index contributed by atoms with van der Waals surface area (Å²) >= 11 is 20.6. The van der Waals surface area contributed by atoms with Crippen LogP contribution in [0, 0.1) is 0 Å². The number of nitrogens with one attached hydrogen (secondary N) is 1. The van der Waals surface area contributed by atoms with E-state index in [9.17, 15) is 4.79 Å². The van der Waals surface area contributed by atoms with Crippen LogP contribution in [-0.2, 0) is 17.8 Å². The number of hydrogen-bond donors (Lipinski definition) is 1. The average Bonchev–Trinajstić information content (AvgIpc) is 3.22. The summed E-state index contributed by atoms with van der Waals surface area (Å²) in [4.78, 5) is 17.7. The van der Waals surface area contributed by atoms with E-state index in [4.69, 9.17) is 32.7 Å². The predicted octanol–water partition coefficient (Wildman–Crippen LogP) is 8.56. The number of halogens is 4. The third-order valence-corrected chi connectivity index (χ3v) is 9.05. The Bertz CT molecular complexity index is 1380. The number of aliphatic imine (C=N–C) groups is 1. The Kier molecular flexibility index (Phi) is 9.06. The van der Waals surface area contributed by atoms with Gasteiger partial charge >= 0.3 is 0 Å². The maximum Gasteiger partial charge on any atom is 0.264 e. The van der Waals surface area contributed by atoms with Crippen LogP contribution in [0.3, 0.4) is 0 Å². The summed E-state index contributed by atoms with van der Waals surface area (Å²) in [6.45, 7) is 2.36. The van der Waals surface area contributed by atoms with Crippen molar-refractivity contribution in [1.29, 1.82) is 0 Å². The first-order valence-electron chi connectivity index (χ1n) is 10.8. The molecule has 1 aliphatic rings. The van der Waals surface area contributed by atoms with Gasteiger partial charge in [-0.3, -0.25) is 4.79 Å². The molecule has 36 heavy (non-hydrogen) atoms. The van der Waals surface area contributed by atoms with Crippen molar-refractivity contribution >= 4 is 89.7 Å². The maximum atomic E-state index is 12.6. The Morgan fingerprint density at radius 1 is 1.03 bits per heavy atom. The number of thioether (sulfide) groups is 1. The van der Waals surface area contributed by atoms with Crippen molar-refractivity contribution < 1.29 is 14.3 Å². The van der Waals surface area contributed by atoms with Crippen LogP contribution >= 0.6 is 66.8 Å². The van der Waals surface area contributed by atoms with Gasteiger partial charge in [0.2, 0.25) is 0 Å². The molecule has 5 nitrogen and oxygen atoms in total. The number of aryl methyl sites for hydroxylation is 1. The molecule has 1 aliphatic heterocycles. The molecule has 1 fully saturated rings. The summed E-state index contributed by atoms with van der Waals surface area (Å²) in [5.41, 5.74) is 3.62. The average molecular weight is 671 g/mol. The number of carbonyl (C=O) groups is 1. The number of methoxy groups -OCH3 is 1.